The quantitative estimate of drug-likeness (QED) is 0.862. The van der Waals surface area contributed by atoms with Gasteiger partial charge < -0.3 is 5.32 Å². The first-order valence-corrected chi connectivity index (χ1v) is 8.96. The zero-order chi connectivity index (χ0) is 17.3. The summed E-state index contributed by atoms with van der Waals surface area (Å²) in [7, 11) is 0. The lowest BCUT2D eigenvalue weighted by Crippen LogP contribution is -2.30. The molecule has 0 spiro atoms. The van der Waals surface area contributed by atoms with E-state index in [1.807, 2.05) is 32.9 Å². The van der Waals surface area contributed by atoms with Crippen LogP contribution in [0, 0.1) is 13.8 Å². The van der Waals surface area contributed by atoms with Gasteiger partial charge in [-0.3, -0.25) is 14.2 Å². The molecule has 3 rings (SSSR count). The highest BCUT2D eigenvalue weighted by Crippen LogP contribution is 2.32. The number of nitrogens with zero attached hydrogens (tertiary/aromatic N) is 3. The van der Waals surface area contributed by atoms with Crippen LogP contribution in [-0.2, 0) is 11.2 Å². The van der Waals surface area contributed by atoms with Crippen LogP contribution in [0.15, 0.2) is 28.3 Å². The van der Waals surface area contributed by atoms with Crippen molar-refractivity contribution < 1.29 is 4.79 Å². The van der Waals surface area contributed by atoms with Crippen molar-refractivity contribution >= 4 is 23.5 Å². The molecule has 1 amide bonds. The maximum absolute atomic E-state index is 12.7. The van der Waals surface area contributed by atoms with E-state index in [0.29, 0.717) is 23.1 Å². The molecule has 0 bridgehead atoms. The highest BCUT2D eigenvalue weighted by molar-refractivity contribution is 7.99. The van der Waals surface area contributed by atoms with Gasteiger partial charge in [0.2, 0.25) is 5.91 Å². The van der Waals surface area contributed by atoms with Crippen LogP contribution in [0.25, 0.3) is 0 Å². The first kappa shape index (κ1) is 16.7. The Morgan fingerprint density at radius 1 is 1.46 bits per heavy atom. The molecule has 0 aromatic carbocycles. The van der Waals surface area contributed by atoms with Crippen molar-refractivity contribution in [2.45, 2.75) is 44.8 Å². The topological polar surface area (TPSA) is 76.9 Å². The number of hydrogen-bond acceptors (Lipinski definition) is 5. The summed E-state index contributed by atoms with van der Waals surface area (Å²) in [5.41, 5.74) is 2.41. The van der Waals surface area contributed by atoms with E-state index in [2.05, 4.69) is 15.3 Å². The number of rotatable bonds is 4. The maximum Gasteiger partial charge on any atom is 0.257 e. The van der Waals surface area contributed by atoms with Crippen LogP contribution in [0.5, 0.6) is 0 Å². The van der Waals surface area contributed by atoms with Crippen molar-refractivity contribution in [3.05, 3.63) is 45.5 Å². The molecule has 1 aliphatic rings. The van der Waals surface area contributed by atoms with E-state index < -0.39 is 0 Å². The van der Waals surface area contributed by atoms with E-state index in [1.54, 1.807) is 10.8 Å². The molecule has 2 aromatic rings. The van der Waals surface area contributed by atoms with Gasteiger partial charge in [0.1, 0.15) is 5.82 Å². The second-order valence-electron chi connectivity index (χ2n) is 5.87. The lowest BCUT2D eigenvalue weighted by atomic mass is 10.1. The minimum Gasteiger partial charge on any atom is -0.310 e. The fourth-order valence-electron chi connectivity index (χ4n) is 2.89. The third kappa shape index (κ3) is 3.08. The van der Waals surface area contributed by atoms with Crippen LogP contribution in [0.3, 0.4) is 0 Å². The number of hydrogen-bond donors (Lipinski definition) is 1. The number of amides is 1. The van der Waals surface area contributed by atoms with Gasteiger partial charge in [0.15, 0.2) is 5.16 Å². The Labute approximate surface area is 144 Å². The predicted molar refractivity (Wildman–Crippen MR) is 94.6 cm³/mol. The van der Waals surface area contributed by atoms with Gasteiger partial charge in [-0.2, -0.15) is 0 Å². The van der Waals surface area contributed by atoms with Gasteiger partial charge in [0.05, 0.1) is 6.04 Å². The Bertz CT molecular complexity index is 847. The molecule has 1 unspecified atom stereocenters. The molecule has 6 nitrogen and oxygen atoms in total. The van der Waals surface area contributed by atoms with Gasteiger partial charge >= 0.3 is 0 Å². The van der Waals surface area contributed by atoms with Crippen LogP contribution in [-0.4, -0.2) is 26.2 Å². The Kier molecular flexibility index (Phi) is 4.71. The fourth-order valence-corrected chi connectivity index (χ4v) is 4.07. The van der Waals surface area contributed by atoms with Crippen LogP contribution in [0.4, 0.5) is 5.82 Å². The molecular formula is C17H20N4O2S. The standard InChI is InChI=1S/C17H20N4O2S/c1-4-13-11(3)19-17-21(16(13)23)12(9-24-17)8-14(22)20-15-10(2)6-5-7-18-15/h5-7,12H,4,8-9H2,1-3H3,(H,18,20,22). The number of carbonyl (C=O) groups excluding carboxylic acids is 1. The summed E-state index contributed by atoms with van der Waals surface area (Å²) < 4.78 is 1.68. The molecule has 3 heterocycles. The zero-order valence-electron chi connectivity index (χ0n) is 14.0. The molecule has 7 heteroatoms. The molecule has 1 N–H and O–H groups in total. The Balaban J connectivity index is 1.81. The van der Waals surface area contributed by atoms with Crippen molar-refractivity contribution in [1.29, 1.82) is 0 Å². The molecule has 0 fully saturated rings. The van der Waals surface area contributed by atoms with E-state index in [0.717, 1.165) is 16.8 Å². The monoisotopic (exact) mass is 344 g/mol. The van der Waals surface area contributed by atoms with Crippen molar-refractivity contribution in [3.8, 4) is 0 Å². The van der Waals surface area contributed by atoms with Crippen molar-refractivity contribution in [2.75, 3.05) is 11.1 Å². The Morgan fingerprint density at radius 2 is 2.25 bits per heavy atom. The maximum atomic E-state index is 12.7. The number of thioether (sulfide) groups is 1. The average molecular weight is 344 g/mol. The number of aromatic nitrogens is 3. The summed E-state index contributed by atoms with van der Waals surface area (Å²) >= 11 is 1.53. The SMILES string of the molecule is CCc1c(C)nc2n(c1=O)C(CC(=O)Nc1ncccc1C)CS2. The van der Waals surface area contributed by atoms with Gasteiger partial charge in [0, 0.05) is 29.6 Å². The minimum absolute atomic E-state index is 0.0168. The predicted octanol–water partition coefficient (Wildman–Crippen LogP) is 2.49. The molecule has 126 valence electrons. The molecule has 1 atom stereocenters. The number of pyridine rings is 1. The molecule has 0 saturated heterocycles. The van der Waals surface area contributed by atoms with Crippen molar-refractivity contribution in [1.82, 2.24) is 14.5 Å². The zero-order valence-corrected chi connectivity index (χ0v) is 14.8. The molecule has 0 radical (unpaired) electrons. The van der Waals surface area contributed by atoms with Crippen LogP contribution < -0.4 is 10.9 Å². The normalized spacial score (nSPS) is 16.0. The van der Waals surface area contributed by atoms with Crippen molar-refractivity contribution in [3.63, 3.8) is 0 Å². The number of anilines is 1. The van der Waals surface area contributed by atoms with Crippen LogP contribution in [0.2, 0.25) is 0 Å². The summed E-state index contributed by atoms with van der Waals surface area (Å²) in [4.78, 5) is 33.7. The lowest BCUT2D eigenvalue weighted by Gasteiger charge is -2.15. The van der Waals surface area contributed by atoms with E-state index in [9.17, 15) is 9.59 Å². The number of carbonyl (C=O) groups is 1. The van der Waals surface area contributed by atoms with E-state index in [4.69, 9.17) is 0 Å². The first-order valence-electron chi connectivity index (χ1n) is 7.97. The molecule has 1 aliphatic heterocycles. The van der Waals surface area contributed by atoms with Gasteiger partial charge in [0.25, 0.3) is 5.56 Å². The fraction of sp³-hybridized carbons (Fsp3) is 0.412. The van der Waals surface area contributed by atoms with Crippen molar-refractivity contribution in [2.24, 2.45) is 0 Å². The third-order valence-corrected chi connectivity index (χ3v) is 5.29. The molecular weight excluding hydrogens is 324 g/mol. The van der Waals surface area contributed by atoms with Gasteiger partial charge in [-0.1, -0.05) is 24.8 Å². The number of aryl methyl sites for hydroxylation is 2. The summed E-state index contributed by atoms with van der Waals surface area (Å²) in [5, 5.41) is 3.54. The van der Waals surface area contributed by atoms with Gasteiger partial charge in [-0.15, -0.1) is 0 Å². The second kappa shape index (κ2) is 6.76. The van der Waals surface area contributed by atoms with E-state index in [-0.39, 0.29) is 23.9 Å². The number of fused-ring (bicyclic) bond motifs is 1. The first-order chi connectivity index (χ1) is 11.5. The average Bonchev–Trinajstić information content (AvgIpc) is 2.92. The number of nitrogens with one attached hydrogen (secondary N) is 1. The highest BCUT2D eigenvalue weighted by atomic mass is 32.2. The highest BCUT2D eigenvalue weighted by Gasteiger charge is 2.29. The Morgan fingerprint density at radius 3 is 2.96 bits per heavy atom. The summed E-state index contributed by atoms with van der Waals surface area (Å²) in [6, 6.07) is 3.56. The smallest absolute Gasteiger partial charge is 0.257 e. The molecule has 0 aliphatic carbocycles. The third-order valence-electron chi connectivity index (χ3n) is 4.19. The Hall–Kier alpha value is -2.15. The summed E-state index contributed by atoms with van der Waals surface area (Å²) in [6.07, 6.45) is 2.53. The van der Waals surface area contributed by atoms with E-state index >= 15 is 0 Å². The molecule has 24 heavy (non-hydrogen) atoms. The lowest BCUT2D eigenvalue weighted by molar-refractivity contribution is -0.116. The summed E-state index contributed by atoms with van der Waals surface area (Å²) in [6.45, 7) is 5.71. The minimum atomic E-state index is -0.167. The largest absolute Gasteiger partial charge is 0.310 e. The molecule has 0 saturated carbocycles. The van der Waals surface area contributed by atoms with Crippen LogP contribution in [0.1, 0.15) is 36.2 Å². The summed E-state index contributed by atoms with van der Waals surface area (Å²) in [5.74, 6) is 1.11. The van der Waals surface area contributed by atoms with Crippen LogP contribution >= 0.6 is 11.8 Å². The second-order valence-corrected chi connectivity index (χ2v) is 6.86. The van der Waals surface area contributed by atoms with Gasteiger partial charge in [-0.05, 0) is 31.9 Å². The van der Waals surface area contributed by atoms with Gasteiger partial charge in [-0.25, -0.2) is 9.97 Å². The molecule has 2 aromatic heterocycles. The van der Waals surface area contributed by atoms with E-state index in [1.165, 1.54) is 11.8 Å².